The number of rotatable bonds is 4. The standard InChI is InChI=1S/C16H26O2S/c1-13-7-9-14(10-8-13)19(17,18)12-16(5,6)11-15(2,3)4/h7-10H,11-12H2,1-6H3. The first-order chi connectivity index (χ1) is 8.41. The highest BCUT2D eigenvalue weighted by molar-refractivity contribution is 7.91. The maximum absolute atomic E-state index is 12.4. The molecule has 2 nitrogen and oxygen atoms in total. The molecule has 1 aromatic carbocycles. The molecule has 0 spiro atoms. The zero-order chi connectivity index (χ0) is 14.9. The van der Waals surface area contributed by atoms with Gasteiger partial charge in [0.25, 0.3) is 0 Å². The van der Waals surface area contributed by atoms with Crippen molar-refractivity contribution in [1.29, 1.82) is 0 Å². The molecule has 0 bridgehead atoms. The molecule has 0 heterocycles. The molecule has 0 unspecified atom stereocenters. The second-order valence-corrected chi connectivity index (χ2v) is 9.46. The number of hydrogen-bond donors (Lipinski definition) is 0. The van der Waals surface area contributed by atoms with Crippen molar-refractivity contribution in [3.63, 3.8) is 0 Å². The van der Waals surface area contributed by atoms with E-state index in [0.29, 0.717) is 4.90 Å². The van der Waals surface area contributed by atoms with Crippen LogP contribution in [-0.2, 0) is 9.84 Å². The van der Waals surface area contributed by atoms with Gasteiger partial charge in [-0.2, -0.15) is 0 Å². The highest BCUT2D eigenvalue weighted by atomic mass is 32.2. The Labute approximate surface area is 118 Å². The maximum atomic E-state index is 12.4. The fraction of sp³-hybridized carbons (Fsp3) is 0.625. The van der Waals surface area contributed by atoms with Crippen molar-refractivity contribution in [2.45, 2.75) is 52.9 Å². The topological polar surface area (TPSA) is 34.1 Å². The zero-order valence-corrected chi connectivity index (χ0v) is 13.8. The summed E-state index contributed by atoms with van der Waals surface area (Å²) >= 11 is 0. The van der Waals surface area contributed by atoms with E-state index in [9.17, 15) is 8.42 Å². The van der Waals surface area contributed by atoms with Crippen molar-refractivity contribution >= 4 is 9.84 Å². The normalized spacial score (nSPS) is 13.6. The van der Waals surface area contributed by atoms with Crippen molar-refractivity contribution in [3.8, 4) is 0 Å². The minimum absolute atomic E-state index is 0.131. The first-order valence-electron chi connectivity index (χ1n) is 6.71. The summed E-state index contributed by atoms with van der Waals surface area (Å²) in [6, 6.07) is 7.11. The zero-order valence-electron chi connectivity index (χ0n) is 12.9. The number of sulfone groups is 1. The molecule has 0 amide bonds. The number of aryl methyl sites for hydroxylation is 1. The third-order valence-corrected chi connectivity index (χ3v) is 5.12. The molecule has 0 atom stereocenters. The predicted molar refractivity (Wildman–Crippen MR) is 81.1 cm³/mol. The van der Waals surface area contributed by atoms with Crippen molar-refractivity contribution < 1.29 is 8.42 Å². The van der Waals surface area contributed by atoms with Crippen LogP contribution in [0.15, 0.2) is 29.2 Å². The van der Waals surface area contributed by atoms with Gasteiger partial charge in [-0.25, -0.2) is 8.42 Å². The van der Waals surface area contributed by atoms with Gasteiger partial charge in [-0.15, -0.1) is 0 Å². The Morgan fingerprint density at radius 3 is 1.84 bits per heavy atom. The molecule has 0 saturated carbocycles. The number of benzene rings is 1. The smallest absolute Gasteiger partial charge is 0.178 e. The van der Waals surface area contributed by atoms with Crippen LogP contribution in [0.2, 0.25) is 0 Å². The van der Waals surface area contributed by atoms with Crippen molar-refractivity contribution in [2.24, 2.45) is 10.8 Å². The van der Waals surface area contributed by atoms with Crippen molar-refractivity contribution in [2.75, 3.05) is 5.75 Å². The second kappa shape index (κ2) is 5.28. The van der Waals surface area contributed by atoms with Crippen LogP contribution < -0.4 is 0 Å². The van der Waals surface area contributed by atoms with Gasteiger partial charge in [0.15, 0.2) is 9.84 Å². The van der Waals surface area contributed by atoms with E-state index in [1.54, 1.807) is 12.1 Å². The molecule has 1 rings (SSSR count). The van der Waals surface area contributed by atoms with Crippen LogP contribution >= 0.6 is 0 Å². The quantitative estimate of drug-likeness (QED) is 0.828. The predicted octanol–water partition coefficient (Wildman–Crippen LogP) is 4.23. The highest BCUT2D eigenvalue weighted by Crippen LogP contribution is 2.35. The van der Waals surface area contributed by atoms with Crippen LogP contribution in [0.25, 0.3) is 0 Å². The van der Waals surface area contributed by atoms with E-state index in [1.807, 2.05) is 32.9 Å². The molecule has 0 aliphatic heterocycles. The fourth-order valence-electron chi connectivity index (χ4n) is 2.83. The van der Waals surface area contributed by atoms with E-state index in [4.69, 9.17) is 0 Å². The summed E-state index contributed by atoms with van der Waals surface area (Å²) in [5.74, 6) is 0.195. The lowest BCUT2D eigenvalue weighted by molar-refractivity contribution is 0.236. The molecule has 0 aliphatic carbocycles. The lowest BCUT2D eigenvalue weighted by Gasteiger charge is -2.32. The Morgan fingerprint density at radius 2 is 1.42 bits per heavy atom. The average Bonchev–Trinajstić information content (AvgIpc) is 2.11. The number of hydrogen-bond acceptors (Lipinski definition) is 2. The van der Waals surface area contributed by atoms with Crippen LogP contribution in [0.5, 0.6) is 0 Å². The molecule has 108 valence electrons. The van der Waals surface area contributed by atoms with E-state index in [0.717, 1.165) is 12.0 Å². The van der Waals surface area contributed by atoms with Gasteiger partial charge >= 0.3 is 0 Å². The van der Waals surface area contributed by atoms with Crippen molar-refractivity contribution in [3.05, 3.63) is 29.8 Å². The fourth-order valence-corrected chi connectivity index (χ4v) is 4.68. The van der Waals surface area contributed by atoms with Crippen LogP contribution in [0.3, 0.4) is 0 Å². The van der Waals surface area contributed by atoms with E-state index < -0.39 is 9.84 Å². The minimum atomic E-state index is -3.21. The summed E-state index contributed by atoms with van der Waals surface area (Å²) in [6.07, 6.45) is 0.880. The molecule has 0 saturated heterocycles. The molecule has 0 fully saturated rings. The molecule has 0 aromatic heterocycles. The van der Waals surface area contributed by atoms with Gasteiger partial charge in [0.05, 0.1) is 10.6 Å². The lowest BCUT2D eigenvalue weighted by atomic mass is 9.77. The summed E-state index contributed by atoms with van der Waals surface area (Å²) < 4.78 is 24.9. The first kappa shape index (κ1) is 16.2. The van der Waals surface area contributed by atoms with Gasteiger partial charge in [0, 0.05) is 0 Å². The maximum Gasteiger partial charge on any atom is 0.178 e. The highest BCUT2D eigenvalue weighted by Gasteiger charge is 2.31. The Kier molecular flexibility index (Phi) is 4.51. The molecular formula is C16H26O2S. The largest absolute Gasteiger partial charge is 0.224 e. The van der Waals surface area contributed by atoms with Gasteiger partial charge in [0.1, 0.15) is 0 Å². The van der Waals surface area contributed by atoms with Crippen LogP contribution in [-0.4, -0.2) is 14.2 Å². The monoisotopic (exact) mass is 282 g/mol. The van der Waals surface area contributed by atoms with Gasteiger partial charge in [-0.05, 0) is 36.3 Å². The summed E-state index contributed by atoms with van der Waals surface area (Å²) in [4.78, 5) is 0.431. The molecule has 0 radical (unpaired) electrons. The summed E-state index contributed by atoms with van der Waals surface area (Å²) in [5.41, 5.74) is 0.988. The molecular weight excluding hydrogens is 256 g/mol. The second-order valence-electron chi connectivity index (χ2n) is 7.47. The van der Waals surface area contributed by atoms with Gasteiger partial charge < -0.3 is 0 Å². The molecule has 1 aromatic rings. The van der Waals surface area contributed by atoms with Gasteiger partial charge in [-0.3, -0.25) is 0 Å². The van der Waals surface area contributed by atoms with Crippen LogP contribution in [0.4, 0.5) is 0 Å². The Hall–Kier alpha value is -0.830. The third kappa shape index (κ3) is 5.35. The van der Waals surface area contributed by atoms with E-state index in [-0.39, 0.29) is 16.6 Å². The van der Waals surface area contributed by atoms with Gasteiger partial charge in [-0.1, -0.05) is 52.3 Å². The molecule has 0 aliphatic rings. The minimum Gasteiger partial charge on any atom is -0.224 e. The van der Waals surface area contributed by atoms with Crippen molar-refractivity contribution in [1.82, 2.24) is 0 Å². The van der Waals surface area contributed by atoms with Crippen LogP contribution in [0.1, 0.15) is 46.6 Å². The Balaban J connectivity index is 2.94. The van der Waals surface area contributed by atoms with E-state index >= 15 is 0 Å². The summed E-state index contributed by atoms with van der Waals surface area (Å²) in [7, 11) is -3.21. The molecule has 3 heteroatoms. The molecule has 19 heavy (non-hydrogen) atoms. The third-order valence-electron chi connectivity index (χ3n) is 2.97. The van der Waals surface area contributed by atoms with E-state index in [2.05, 4.69) is 20.8 Å². The van der Waals surface area contributed by atoms with E-state index in [1.165, 1.54) is 0 Å². The average molecular weight is 282 g/mol. The lowest BCUT2D eigenvalue weighted by Crippen LogP contribution is -2.28. The Bertz CT molecular complexity index is 517. The van der Waals surface area contributed by atoms with Gasteiger partial charge in [0.2, 0.25) is 0 Å². The van der Waals surface area contributed by atoms with Crippen LogP contribution in [0, 0.1) is 17.8 Å². The first-order valence-corrected chi connectivity index (χ1v) is 8.36. The Morgan fingerprint density at radius 1 is 0.947 bits per heavy atom. The molecule has 0 N–H and O–H groups in total. The SMILES string of the molecule is Cc1ccc(S(=O)(=O)CC(C)(C)CC(C)(C)C)cc1. The summed E-state index contributed by atoms with van der Waals surface area (Å²) in [5, 5.41) is 0. The summed E-state index contributed by atoms with van der Waals surface area (Å²) in [6.45, 7) is 12.5.